The zero-order valence-corrected chi connectivity index (χ0v) is 9.27. The summed E-state index contributed by atoms with van der Waals surface area (Å²) in [6, 6.07) is 0. The molecular weight excluding hydrogens is 226 g/mol. The van der Waals surface area contributed by atoms with Gasteiger partial charge in [0.15, 0.2) is 0 Å². The molecular formula is C10H13N3O4. The van der Waals surface area contributed by atoms with Crippen LogP contribution in [0.2, 0.25) is 0 Å². The third-order valence-electron chi connectivity index (χ3n) is 2.19. The monoisotopic (exact) mass is 239 g/mol. The van der Waals surface area contributed by atoms with Gasteiger partial charge in [0.25, 0.3) is 11.5 Å². The van der Waals surface area contributed by atoms with Gasteiger partial charge in [0.2, 0.25) is 0 Å². The van der Waals surface area contributed by atoms with E-state index in [0.717, 1.165) is 6.20 Å². The van der Waals surface area contributed by atoms with E-state index in [1.807, 2.05) is 0 Å². The van der Waals surface area contributed by atoms with E-state index in [9.17, 15) is 14.4 Å². The topological polar surface area (TPSA) is 112 Å². The van der Waals surface area contributed by atoms with Crippen LogP contribution in [0.3, 0.4) is 0 Å². The number of rotatable bonds is 5. The second-order valence-corrected chi connectivity index (χ2v) is 3.58. The lowest BCUT2D eigenvalue weighted by Crippen LogP contribution is -2.28. The minimum absolute atomic E-state index is 0.0904. The predicted molar refractivity (Wildman–Crippen MR) is 58.6 cm³/mol. The number of aromatic amines is 1. The molecule has 17 heavy (non-hydrogen) atoms. The molecule has 1 unspecified atom stereocenters. The summed E-state index contributed by atoms with van der Waals surface area (Å²) in [5.41, 5.74) is -0.298. The number of carbonyl (C=O) groups excluding carboxylic acids is 1. The van der Waals surface area contributed by atoms with Crippen molar-refractivity contribution in [2.45, 2.75) is 13.3 Å². The zero-order chi connectivity index (χ0) is 12.8. The number of H-pyrrole nitrogens is 1. The Morgan fingerprint density at radius 1 is 1.59 bits per heavy atom. The van der Waals surface area contributed by atoms with E-state index < -0.39 is 17.8 Å². The van der Waals surface area contributed by atoms with Gasteiger partial charge in [0.1, 0.15) is 5.69 Å². The van der Waals surface area contributed by atoms with Crippen molar-refractivity contribution in [2.24, 2.45) is 5.92 Å². The molecule has 1 heterocycles. The molecule has 0 aliphatic rings. The molecule has 0 saturated heterocycles. The van der Waals surface area contributed by atoms with Gasteiger partial charge in [0.05, 0.1) is 12.1 Å². The molecule has 7 heteroatoms. The summed E-state index contributed by atoms with van der Waals surface area (Å²) < 4.78 is 0. The molecule has 1 aromatic heterocycles. The zero-order valence-electron chi connectivity index (χ0n) is 9.27. The van der Waals surface area contributed by atoms with Crippen LogP contribution in [-0.2, 0) is 4.79 Å². The van der Waals surface area contributed by atoms with E-state index in [1.165, 1.54) is 6.20 Å². The van der Waals surface area contributed by atoms with Crippen molar-refractivity contribution in [1.82, 2.24) is 15.3 Å². The van der Waals surface area contributed by atoms with E-state index in [2.05, 4.69) is 15.3 Å². The number of amides is 1. The number of carboxylic acid groups (broad SMARTS) is 1. The Morgan fingerprint density at radius 3 is 2.82 bits per heavy atom. The summed E-state index contributed by atoms with van der Waals surface area (Å²) >= 11 is 0. The van der Waals surface area contributed by atoms with Gasteiger partial charge in [0, 0.05) is 12.7 Å². The van der Waals surface area contributed by atoms with Crippen LogP contribution in [0.25, 0.3) is 0 Å². The van der Waals surface area contributed by atoms with Crippen LogP contribution in [-0.4, -0.2) is 33.5 Å². The second kappa shape index (κ2) is 5.78. The van der Waals surface area contributed by atoms with E-state index in [1.54, 1.807) is 6.92 Å². The summed E-state index contributed by atoms with van der Waals surface area (Å²) in [7, 11) is 0. The van der Waals surface area contributed by atoms with Crippen molar-refractivity contribution in [1.29, 1.82) is 0 Å². The van der Waals surface area contributed by atoms with Crippen molar-refractivity contribution in [3.8, 4) is 0 Å². The molecule has 92 valence electrons. The van der Waals surface area contributed by atoms with Crippen LogP contribution < -0.4 is 10.9 Å². The molecule has 0 aliphatic carbocycles. The van der Waals surface area contributed by atoms with Gasteiger partial charge < -0.3 is 15.4 Å². The quantitative estimate of drug-likeness (QED) is 0.647. The maximum absolute atomic E-state index is 11.5. The number of carboxylic acids is 1. The average molecular weight is 239 g/mol. The Kier molecular flexibility index (Phi) is 4.38. The molecule has 0 aromatic carbocycles. The Labute approximate surface area is 96.9 Å². The molecule has 0 bridgehead atoms. The smallest absolute Gasteiger partial charge is 0.306 e. The molecule has 0 radical (unpaired) electrons. The van der Waals surface area contributed by atoms with Gasteiger partial charge in [-0.1, -0.05) is 6.92 Å². The lowest BCUT2D eigenvalue weighted by molar-refractivity contribution is -0.141. The standard InChI is InChI=1S/C10H13N3O4/c1-6(10(16)17)2-3-11-9(15)7-4-13-8(14)5-12-7/h4-6H,2-3H2,1H3,(H,11,15)(H,13,14)(H,16,17). The number of carbonyl (C=O) groups is 2. The number of aliphatic carboxylic acids is 1. The number of hydrogen-bond acceptors (Lipinski definition) is 4. The number of aromatic nitrogens is 2. The fourth-order valence-corrected chi connectivity index (χ4v) is 1.08. The first-order chi connectivity index (χ1) is 8.00. The van der Waals surface area contributed by atoms with Gasteiger partial charge >= 0.3 is 5.97 Å². The van der Waals surface area contributed by atoms with Crippen molar-refractivity contribution >= 4 is 11.9 Å². The molecule has 1 aromatic rings. The SMILES string of the molecule is CC(CCNC(=O)c1c[nH]c(=O)cn1)C(=O)O. The molecule has 0 spiro atoms. The van der Waals surface area contributed by atoms with Crippen LogP contribution in [0.15, 0.2) is 17.2 Å². The van der Waals surface area contributed by atoms with Crippen molar-refractivity contribution in [2.75, 3.05) is 6.54 Å². The van der Waals surface area contributed by atoms with Gasteiger partial charge in [-0.3, -0.25) is 14.4 Å². The first-order valence-electron chi connectivity index (χ1n) is 5.06. The molecule has 3 N–H and O–H groups in total. The van der Waals surface area contributed by atoms with Gasteiger partial charge in [-0.2, -0.15) is 0 Å². The first kappa shape index (κ1) is 12.9. The van der Waals surface area contributed by atoms with Crippen molar-refractivity contribution in [3.63, 3.8) is 0 Å². The van der Waals surface area contributed by atoms with Crippen molar-refractivity contribution in [3.05, 3.63) is 28.4 Å². The Bertz CT molecular complexity index is 448. The fraction of sp³-hybridized carbons (Fsp3) is 0.400. The molecule has 0 fully saturated rings. The number of hydrogen-bond donors (Lipinski definition) is 3. The van der Waals surface area contributed by atoms with Crippen molar-refractivity contribution < 1.29 is 14.7 Å². The van der Waals surface area contributed by atoms with Crippen LogP contribution >= 0.6 is 0 Å². The Balaban J connectivity index is 2.43. The lowest BCUT2D eigenvalue weighted by Gasteiger charge is -2.07. The Morgan fingerprint density at radius 2 is 2.29 bits per heavy atom. The molecule has 0 aliphatic heterocycles. The molecule has 1 atom stereocenters. The van der Waals surface area contributed by atoms with Crippen LogP contribution in [0.4, 0.5) is 0 Å². The molecule has 1 rings (SSSR count). The van der Waals surface area contributed by atoms with Crippen LogP contribution in [0.5, 0.6) is 0 Å². The molecule has 0 saturated carbocycles. The maximum atomic E-state index is 11.5. The summed E-state index contributed by atoms with van der Waals surface area (Å²) in [6.45, 7) is 1.81. The number of nitrogens with one attached hydrogen (secondary N) is 2. The Hall–Kier alpha value is -2.18. The molecule has 1 amide bonds. The minimum atomic E-state index is -0.901. The first-order valence-corrected chi connectivity index (χ1v) is 5.06. The van der Waals surface area contributed by atoms with Crippen LogP contribution in [0.1, 0.15) is 23.8 Å². The highest BCUT2D eigenvalue weighted by atomic mass is 16.4. The minimum Gasteiger partial charge on any atom is -0.481 e. The number of nitrogens with zero attached hydrogens (tertiary/aromatic N) is 1. The maximum Gasteiger partial charge on any atom is 0.306 e. The summed E-state index contributed by atoms with van der Waals surface area (Å²) in [4.78, 5) is 38.7. The third kappa shape index (κ3) is 4.06. The third-order valence-corrected chi connectivity index (χ3v) is 2.19. The highest BCUT2D eigenvalue weighted by molar-refractivity contribution is 5.91. The molecule has 7 nitrogen and oxygen atoms in total. The van der Waals surface area contributed by atoms with Gasteiger partial charge in [-0.05, 0) is 6.42 Å². The van der Waals surface area contributed by atoms with E-state index in [0.29, 0.717) is 6.42 Å². The summed E-state index contributed by atoms with van der Waals surface area (Å²) in [5.74, 6) is -1.86. The van der Waals surface area contributed by atoms with Crippen LogP contribution in [0, 0.1) is 5.92 Å². The summed E-state index contributed by atoms with van der Waals surface area (Å²) in [5, 5.41) is 11.1. The van der Waals surface area contributed by atoms with E-state index in [-0.39, 0.29) is 17.8 Å². The van der Waals surface area contributed by atoms with Gasteiger partial charge in [-0.25, -0.2) is 4.98 Å². The highest BCUT2D eigenvalue weighted by Crippen LogP contribution is 1.99. The summed E-state index contributed by atoms with van der Waals surface area (Å²) in [6.07, 6.45) is 2.55. The predicted octanol–water partition coefficient (Wildman–Crippen LogP) is -0.390. The largest absolute Gasteiger partial charge is 0.481 e. The van der Waals surface area contributed by atoms with E-state index >= 15 is 0 Å². The second-order valence-electron chi connectivity index (χ2n) is 3.58. The van der Waals surface area contributed by atoms with E-state index in [4.69, 9.17) is 5.11 Å². The van der Waals surface area contributed by atoms with Gasteiger partial charge in [-0.15, -0.1) is 0 Å². The normalized spacial score (nSPS) is 11.8. The average Bonchev–Trinajstić information content (AvgIpc) is 2.29. The fourth-order valence-electron chi connectivity index (χ4n) is 1.08. The lowest BCUT2D eigenvalue weighted by atomic mass is 10.1. The highest BCUT2D eigenvalue weighted by Gasteiger charge is 2.12.